The maximum atomic E-state index is 13.5. The summed E-state index contributed by atoms with van der Waals surface area (Å²) in [6.45, 7) is 3.86. The van der Waals surface area contributed by atoms with Crippen LogP contribution in [-0.4, -0.2) is 83.6 Å². The number of methoxy groups -OCH3 is 1. The molecule has 14 heteroatoms. The quantitative estimate of drug-likeness (QED) is 0.0553. The summed E-state index contributed by atoms with van der Waals surface area (Å²) < 4.78 is 38.2. The fourth-order valence-corrected chi connectivity index (χ4v) is 7.92. The maximum absolute atomic E-state index is 13.5. The summed E-state index contributed by atoms with van der Waals surface area (Å²) in [4.78, 5) is 49.1. The van der Waals surface area contributed by atoms with E-state index in [-0.39, 0.29) is 47.3 Å². The minimum atomic E-state index is -1.08. The van der Waals surface area contributed by atoms with E-state index >= 15 is 0 Å². The van der Waals surface area contributed by atoms with Crippen LogP contribution in [0.25, 0.3) is 0 Å². The van der Waals surface area contributed by atoms with E-state index in [9.17, 15) is 24.5 Å². The zero-order valence-electron chi connectivity index (χ0n) is 26.8. The Kier molecular flexibility index (Phi) is 12.7. The minimum absolute atomic E-state index is 0.0959. The second-order valence-corrected chi connectivity index (χ2v) is 14.9. The van der Waals surface area contributed by atoms with Gasteiger partial charge in [-0.15, -0.1) is 11.6 Å². The highest BCUT2D eigenvalue weighted by molar-refractivity contribution is 14.1. The van der Waals surface area contributed by atoms with Crippen LogP contribution in [0.5, 0.6) is 0 Å². The van der Waals surface area contributed by atoms with Gasteiger partial charge in [0.1, 0.15) is 30.5 Å². The van der Waals surface area contributed by atoms with Crippen molar-refractivity contribution in [3.05, 3.63) is 62.3 Å². The van der Waals surface area contributed by atoms with Crippen LogP contribution < -0.4 is 0 Å². The predicted molar refractivity (Wildman–Crippen MR) is 182 cm³/mol. The molecule has 0 amide bonds. The van der Waals surface area contributed by atoms with E-state index < -0.39 is 53.3 Å². The largest absolute Gasteiger partial charge is 0.469 e. The molecule has 3 saturated heterocycles. The van der Waals surface area contributed by atoms with Crippen LogP contribution >= 0.6 is 34.2 Å². The Morgan fingerprint density at radius 2 is 1.81 bits per heavy atom. The van der Waals surface area contributed by atoms with Crippen LogP contribution in [0.1, 0.15) is 81.0 Å². The van der Waals surface area contributed by atoms with E-state index in [0.29, 0.717) is 38.5 Å². The third-order valence-corrected chi connectivity index (χ3v) is 10.0. The third-order valence-electron chi connectivity index (χ3n) is 9.23. The van der Waals surface area contributed by atoms with E-state index in [4.69, 9.17) is 40.0 Å². The number of carbonyl (C=O) groups excluding carboxylic acids is 3. The van der Waals surface area contributed by atoms with Gasteiger partial charge in [0.05, 0.1) is 36.2 Å². The van der Waals surface area contributed by atoms with E-state index in [1.807, 2.05) is 0 Å². The van der Waals surface area contributed by atoms with Crippen LogP contribution in [-0.2, 0) is 38.0 Å². The van der Waals surface area contributed by atoms with Gasteiger partial charge in [0, 0.05) is 36.8 Å². The van der Waals surface area contributed by atoms with Crippen LogP contribution in [0, 0.1) is 10.1 Å². The molecule has 4 fully saturated rings. The second-order valence-electron chi connectivity index (χ2n) is 12.7. The molecule has 4 aliphatic rings. The molecule has 1 aromatic rings. The summed E-state index contributed by atoms with van der Waals surface area (Å²) in [6, 6.07) is 5.08. The highest BCUT2D eigenvalue weighted by Crippen LogP contribution is 2.48. The number of ketones is 1. The molecule has 0 aromatic heterocycles. The zero-order valence-corrected chi connectivity index (χ0v) is 29.7. The molecule has 48 heavy (non-hydrogen) atoms. The number of alkyl halides is 1. The Hall–Kier alpha value is -2.43. The number of ether oxygens (including phenoxy) is 6. The first kappa shape index (κ1) is 36.8. The minimum Gasteiger partial charge on any atom is -0.469 e. The van der Waals surface area contributed by atoms with Crippen molar-refractivity contribution in [2.75, 3.05) is 7.11 Å². The molecule has 1 saturated carbocycles. The van der Waals surface area contributed by atoms with Crippen molar-refractivity contribution >= 4 is 57.6 Å². The average molecular weight is 802 g/mol. The number of nitro groups is 1. The monoisotopic (exact) mass is 801 g/mol. The molecular formula is C34H41ClINO11. The summed E-state index contributed by atoms with van der Waals surface area (Å²) in [5.74, 6) is -2.18. The number of halogens is 2. The Morgan fingerprint density at radius 1 is 1.10 bits per heavy atom. The van der Waals surface area contributed by atoms with Crippen LogP contribution in [0.4, 0.5) is 5.69 Å². The molecule has 0 radical (unpaired) electrons. The van der Waals surface area contributed by atoms with E-state index in [1.165, 1.54) is 43.5 Å². The highest BCUT2D eigenvalue weighted by atomic mass is 127. The summed E-state index contributed by atoms with van der Waals surface area (Å²) >= 11 is 8.48. The molecule has 8 atom stereocenters. The van der Waals surface area contributed by atoms with Crippen LogP contribution in [0.2, 0.25) is 0 Å². The summed E-state index contributed by atoms with van der Waals surface area (Å²) in [6.07, 6.45) is 4.88. The summed E-state index contributed by atoms with van der Waals surface area (Å²) in [5.41, 5.74) is -0.0718. The van der Waals surface area contributed by atoms with Gasteiger partial charge in [0.25, 0.3) is 5.69 Å². The normalized spacial score (nSPS) is 29.0. The van der Waals surface area contributed by atoms with Gasteiger partial charge in [-0.25, -0.2) is 4.79 Å². The lowest BCUT2D eigenvalue weighted by atomic mass is 9.87. The lowest BCUT2D eigenvalue weighted by Gasteiger charge is -2.47. The number of nitrogens with zero attached hydrogens (tertiary/aromatic N) is 1. The van der Waals surface area contributed by atoms with Gasteiger partial charge >= 0.3 is 11.9 Å². The maximum Gasteiger partial charge on any atom is 0.338 e. The molecule has 3 aliphatic heterocycles. The summed E-state index contributed by atoms with van der Waals surface area (Å²) in [5, 5.41) is 10.9. The molecule has 1 spiro atoms. The second kappa shape index (κ2) is 16.5. The lowest BCUT2D eigenvalue weighted by Crippen LogP contribution is -2.62. The van der Waals surface area contributed by atoms with Crippen molar-refractivity contribution in [3.63, 3.8) is 0 Å². The first-order valence-electron chi connectivity index (χ1n) is 16.3. The number of fused-ring (bicyclic) bond motifs is 3. The molecule has 2 unspecified atom stereocenters. The molecule has 12 nitrogen and oxygen atoms in total. The third kappa shape index (κ3) is 9.21. The van der Waals surface area contributed by atoms with Gasteiger partial charge in [-0.05, 0) is 89.0 Å². The topological polar surface area (TPSA) is 150 Å². The van der Waals surface area contributed by atoms with Gasteiger partial charge in [-0.2, -0.15) is 0 Å². The van der Waals surface area contributed by atoms with Crippen molar-refractivity contribution < 1.29 is 47.7 Å². The SMILES string of the molecule is C=C(I)C[C@H](Cl)CCC(=O)/C=C/C(OC(=O)c1ccc([N+](=O)[O-])cc1)C1O[C@H]2CC[C@H](CC(=O)OC)O[C@@H]2[C@@H]2OC3(CCCCC3)O[C@H]12. The number of hydrogen-bond acceptors (Lipinski definition) is 11. The fraction of sp³-hybridized carbons (Fsp3) is 0.618. The molecule has 1 aliphatic carbocycles. The van der Waals surface area contributed by atoms with E-state index in [1.54, 1.807) is 0 Å². The average Bonchev–Trinajstić information content (AvgIpc) is 3.43. The Bertz CT molecular complexity index is 1380. The Balaban J connectivity index is 1.41. The smallest absolute Gasteiger partial charge is 0.338 e. The van der Waals surface area contributed by atoms with Gasteiger partial charge in [0.15, 0.2) is 11.6 Å². The first-order chi connectivity index (χ1) is 23.0. The molecule has 3 heterocycles. The van der Waals surface area contributed by atoms with Crippen molar-refractivity contribution in [1.82, 2.24) is 0 Å². The molecule has 262 valence electrons. The van der Waals surface area contributed by atoms with Crippen molar-refractivity contribution in [3.8, 4) is 0 Å². The molecule has 0 N–H and O–H groups in total. The summed E-state index contributed by atoms with van der Waals surface area (Å²) in [7, 11) is 1.34. The number of rotatable bonds is 13. The molecule has 0 bridgehead atoms. The number of nitro benzene ring substituents is 1. The Morgan fingerprint density at radius 3 is 2.48 bits per heavy atom. The molecule has 1 aromatic carbocycles. The zero-order chi connectivity index (χ0) is 34.4. The van der Waals surface area contributed by atoms with Crippen LogP contribution in [0.15, 0.2) is 46.6 Å². The van der Waals surface area contributed by atoms with Crippen LogP contribution in [0.3, 0.4) is 0 Å². The standard InChI is InChI=1S/C34H41ClINO11/c1-20(36)18-22(35)8-11-24(38)12-14-27(46-33(40)21-6-9-23(10-7-21)37(41)42)30-32-31(47-34(48-32)16-4-3-5-17-34)29-26(45-30)15-13-25(44-29)19-28(39)43-2/h6-7,9-10,12,14,22,25-27,29-32H,1,3-5,8,11,13,15-19H2,2H3/b14-12+/t22-,25-,26+,27?,29+,30?,31+,32-/m1/s1. The molecular weight excluding hydrogens is 761 g/mol. The van der Waals surface area contributed by atoms with Crippen molar-refractivity contribution in [2.45, 2.75) is 125 Å². The van der Waals surface area contributed by atoms with E-state index in [2.05, 4.69) is 29.2 Å². The number of benzene rings is 1. The highest BCUT2D eigenvalue weighted by Gasteiger charge is 2.61. The van der Waals surface area contributed by atoms with Crippen molar-refractivity contribution in [2.24, 2.45) is 0 Å². The number of esters is 2. The first-order valence-corrected chi connectivity index (χ1v) is 17.9. The van der Waals surface area contributed by atoms with Gasteiger partial charge in [0.2, 0.25) is 0 Å². The van der Waals surface area contributed by atoms with Gasteiger partial charge in [-0.1, -0.05) is 13.0 Å². The number of hydrogen-bond donors (Lipinski definition) is 0. The number of non-ortho nitro benzene ring substituents is 1. The van der Waals surface area contributed by atoms with Gasteiger partial charge < -0.3 is 28.4 Å². The molecule has 5 rings (SSSR count). The Labute approximate surface area is 298 Å². The number of allylic oxidation sites excluding steroid dienone is 2. The van der Waals surface area contributed by atoms with E-state index in [0.717, 1.165) is 22.8 Å². The van der Waals surface area contributed by atoms with Gasteiger partial charge in [-0.3, -0.25) is 19.7 Å². The fourth-order valence-electron chi connectivity index (χ4n) is 6.84. The predicted octanol–water partition coefficient (Wildman–Crippen LogP) is 6.29. The lowest BCUT2D eigenvalue weighted by molar-refractivity contribution is -0.384. The number of carbonyl (C=O) groups is 3. The van der Waals surface area contributed by atoms with Crippen molar-refractivity contribution in [1.29, 1.82) is 0 Å².